The van der Waals surface area contributed by atoms with Gasteiger partial charge in [0.1, 0.15) is 17.4 Å². The fraction of sp³-hybridized carbons (Fsp3) is 0.500. The lowest BCUT2D eigenvalue weighted by atomic mass is 9.81. The lowest BCUT2D eigenvalue weighted by Crippen LogP contribution is -2.54. The molecular weight excluding hydrogens is 477 g/mol. The number of benzene rings is 1. The standard InChI is InChI=1S/C22H22ClF3N4O4/c23-15-5-6-18-14(7-15)8-16(32-18)9-27-19(31)12-1-3-13(4-2-12)20-28-29-21(33-20)30-10-17(11-30)34-22(24,25)26/h5-8,12-13,17H,1-4,9-11H2,(H,27,31). The fourth-order valence-corrected chi connectivity index (χ4v) is 4.64. The molecule has 3 heterocycles. The van der Waals surface area contributed by atoms with E-state index in [9.17, 15) is 18.0 Å². The van der Waals surface area contributed by atoms with E-state index in [4.69, 9.17) is 20.4 Å². The van der Waals surface area contributed by atoms with E-state index >= 15 is 0 Å². The Labute approximate surface area is 197 Å². The van der Waals surface area contributed by atoms with Gasteiger partial charge in [-0.2, -0.15) is 0 Å². The molecule has 1 N–H and O–H groups in total. The van der Waals surface area contributed by atoms with E-state index < -0.39 is 12.5 Å². The molecule has 1 aliphatic carbocycles. The number of carbonyl (C=O) groups is 1. The third kappa shape index (κ3) is 5.15. The van der Waals surface area contributed by atoms with Gasteiger partial charge in [0.05, 0.1) is 19.6 Å². The lowest BCUT2D eigenvalue weighted by Gasteiger charge is -2.37. The van der Waals surface area contributed by atoms with Crippen molar-refractivity contribution < 1.29 is 31.5 Å². The number of furan rings is 1. The smallest absolute Gasteiger partial charge is 0.459 e. The summed E-state index contributed by atoms with van der Waals surface area (Å²) >= 11 is 6.00. The minimum atomic E-state index is -4.65. The molecule has 34 heavy (non-hydrogen) atoms. The van der Waals surface area contributed by atoms with Gasteiger partial charge in [-0.25, -0.2) is 0 Å². The Morgan fingerprint density at radius 1 is 1.15 bits per heavy atom. The van der Waals surface area contributed by atoms with Gasteiger partial charge in [-0.1, -0.05) is 16.7 Å². The Kier molecular flexibility index (Phi) is 6.15. The molecule has 0 radical (unpaired) electrons. The van der Waals surface area contributed by atoms with Gasteiger partial charge in [-0.15, -0.1) is 18.3 Å². The zero-order chi connectivity index (χ0) is 23.9. The molecule has 0 spiro atoms. The summed E-state index contributed by atoms with van der Waals surface area (Å²) in [4.78, 5) is 14.2. The number of fused-ring (bicyclic) bond motifs is 1. The summed E-state index contributed by atoms with van der Waals surface area (Å²) < 4.78 is 52.2. The topological polar surface area (TPSA) is 93.6 Å². The Morgan fingerprint density at radius 2 is 1.91 bits per heavy atom. The van der Waals surface area contributed by atoms with E-state index in [1.165, 1.54) is 0 Å². The van der Waals surface area contributed by atoms with Crippen molar-refractivity contribution in [1.29, 1.82) is 0 Å². The first kappa shape index (κ1) is 23.0. The summed E-state index contributed by atoms with van der Waals surface area (Å²) in [6.45, 7) is 0.394. The minimum Gasteiger partial charge on any atom is -0.459 e. The van der Waals surface area contributed by atoms with E-state index in [-0.39, 0.29) is 36.8 Å². The number of halogens is 4. The number of aromatic nitrogens is 2. The van der Waals surface area contributed by atoms with E-state index in [1.807, 2.05) is 12.1 Å². The van der Waals surface area contributed by atoms with Crippen LogP contribution in [-0.2, 0) is 16.1 Å². The van der Waals surface area contributed by atoms with Gasteiger partial charge >= 0.3 is 12.4 Å². The molecule has 1 saturated heterocycles. The molecule has 1 aliphatic heterocycles. The first-order chi connectivity index (χ1) is 16.2. The van der Waals surface area contributed by atoms with Crippen LogP contribution in [0.3, 0.4) is 0 Å². The number of hydrogen-bond donors (Lipinski definition) is 1. The van der Waals surface area contributed by atoms with Crippen LogP contribution in [0, 0.1) is 5.92 Å². The second-order valence-corrected chi connectivity index (χ2v) is 9.11. The molecule has 3 aromatic rings. The van der Waals surface area contributed by atoms with Gasteiger partial charge in [0.2, 0.25) is 11.8 Å². The maximum atomic E-state index is 12.6. The highest BCUT2D eigenvalue weighted by molar-refractivity contribution is 6.31. The maximum absolute atomic E-state index is 12.6. The number of nitrogens with zero attached hydrogens (tertiary/aromatic N) is 3. The van der Waals surface area contributed by atoms with Gasteiger partial charge in [0.15, 0.2) is 0 Å². The summed E-state index contributed by atoms with van der Waals surface area (Å²) in [6, 6.07) is 7.42. The van der Waals surface area contributed by atoms with Crippen LogP contribution >= 0.6 is 11.6 Å². The Bertz CT molecular complexity index is 1170. The van der Waals surface area contributed by atoms with Crippen molar-refractivity contribution in [2.75, 3.05) is 18.0 Å². The van der Waals surface area contributed by atoms with Gasteiger partial charge in [0, 0.05) is 22.2 Å². The quantitative estimate of drug-likeness (QED) is 0.522. The normalized spacial score (nSPS) is 21.6. The average Bonchev–Trinajstić information content (AvgIpc) is 3.40. The molecule has 2 aromatic heterocycles. The highest BCUT2D eigenvalue weighted by atomic mass is 35.5. The van der Waals surface area contributed by atoms with Crippen LogP contribution < -0.4 is 10.2 Å². The van der Waals surface area contributed by atoms with E-state index in [2.05, 4.69) is 20.3 Å². The van der Waals surface area contributed by atoms with Gasteiger partial charge < -0.3 is 19.1 Å². The minimum absolute atomic E-state index is 0.0221. The fourth-order valence-electron chi connectivity index (χ4n) is 4.45. The van der Waals surface area contributed by atoms with Crippen LogP contribution in [0.15, 0.2) is 33.1 Å². The molecule has 5 rings (SSSR count). The number of carbonyl (C=O) groups excluding carboxylic acids is 1. The van der Waals surface area contributed by atoms with Crippen molar-refractivity contribution in [2.24, 2.45) is 5.92 Å². The van der Waals surface area contributed by atoms with Gasteiger partial charge in [-0.3, -0.25) is 9.53 Å². The molecule has 0 atom stereocenters. The van der Waals surface area contributed by atoms with Crippen molar-refractivity contribution in [3.8, 4) is 0 Å². The Morgan fingerprint density at radius 3 is 2.65 bits per heavy atom. The van der Waals surface area contributed by atoms with E-state index in [0.29, 0.717) is 48.9 Å². The van der Waals surface area contributed by atoms with Crippen LogP contribution in [0.5, 0.6) is 0 Å². The molecule has 2 aliphatic rings. The SMILES string of the molecule is O=C(NCc1cc2cc(Cl)ccc2o1)C1CCC(c2nnc(N3CC(OC(F)(F)F)C3)o2)CC1. The summed E-state index contributed by atoms with van der Waals surface area (Å²) in [7, 11) is 0. The molecular formula is C22H22ClF3N4O4. The van der Waals surface area contributed by atoms with Crippen LogP contribution in [-0.4, -0.2) is 41.7 Å². The molecule has 0 bridgehead atoms. The predicted octanol–water partition coefficient (Wildman–Crippen LogP) is 4.78. The zero-order valence-corrected chi connectivity index (χ0v) is 18.7. The average molecular weight is 499 g/mol. The highest BCUT2D eigenvalue weighted by Gasteiger charge is 2.41. The first-order valence-corrected chi connectivity index (χ1v) is 11.4. The third-order valence-corrected chi connectivity index (χ3v) is 6.50. The summed E-state index contributed by atoms with van der Waals surface area (Å²) in [5.41, 5.74) is 0.717. The molecule has 182 valence electrons. The van der Waals surface area contributed by atoms with Crippen molar-refractivity contribution >= 4 is 34.5 Å². The molecule has 1 amide bonds. The number of amides is 1. The van der Waals surface area contributed by atoms with Crippen LogP contribution in [0.2, 0.25) is 5.02 Å². The Balaban J connectivity index is 1.08. The van der Waals surface area contributed by atoms with E-state index in [0.717, 1.165) is 11.0 Å². The number of hydrogen-bond acceptors (Lipinski definition) is 7. The second kappa shape index (κ2) is 9.10. The summed E-state index contributed by atoms with van der Waals surface area (Å²) in [5.74, 6) is 0.989. The van der Waals surface area contributed by atoms with Crippen LogP contribution in [0.25, 0.3) is 11.0 Å². The first-order valence-electron chi connectivity index (χ1n) is 11.0. The number of ether oxygens (including phenoxy) is 1. The number of nitrogens with one attached hydrogen (secondary N) is 1. The lowest BCUT2D eigenvalue weighted by molar-refractivity contribution is -0.344. The summed E-state index contributed by atoms with van der Waals surface area (Å²) in [6.07, 6.45) is -2.81. The molecule has 2 fully saturated rings. The number of alkyl halides is 3. The molecule has 1 saturated carbocycles. The molecule has 1 aromatic carbocycles. The predicted molar refractivity (Wildman–Crippen MR) is 115 cm³/mol. The summed E-state index contributed by atoms with van der Waals surface area (Å²) in [5, 5.41) is 12.5. The molecule has 12 heteroatoms. The number of anilines is 1. The van der Waals surface area contributed by atoms with Gasteiger partial charge in [-0.05, 0) is 49.9 Å². The van der Waals surface area contributed by atoms with Crippen molar-refractivity contribution in [3.63, 3.8) is 0 Å². The van der Waals surface area contributed by atoms with Crippen LogP contribution in [0.4, 0.5) is 19.2 Å². The van der Waals surface area contributed by atoms with Crippen molar-refractivity contribution in [3.05, 3.63) is 40.9 Å². The largest absolute Gasteiger partial charge is 0.522 e. The van der Waals surface area contributed by atoms with Gasteiger partial charge in [0.25, 0.3) is 0 Å². The molecule has 0 unspecified atom stereocenters. The van der Waals surface area contributed by atoms with Crippen molar-refractivity contribution in [1.82, 2.24) is 15.5 Å². The third-order valence-electron chi connectivity index (χ3n) is 6.26. The number of rotatable bonds is 6. The second-order valence-electron chi connectivity index (χ2n) is 8.67. The monoisotopic (exact) mass is 498 g/mol. The van der Waals surface area contributed by atoms with Crippen LogP contribution in [0.1, 0.15) is 43.3 Å². The van der Waals surface area contributed by atoms with E-state index in [1.54, 1.807) is 17.0 Å². The zero-order valence-electron chi connectivity index (χ0n) is 18.0. The highest BCUT2D eigenvalue weighted by Crippen LogP contribution is 2.37. The Hall–Kier alpha value is -2.79. The molecule has 8 nitrogen and oxygen atoms in total. The van der Waals surface area contributed by atoms with Crippen molar-refractivity contribution in [2.45, 2.75) is 50.6 Å². The maximum Gasteiger partial charge on any atom is 0.522 e.